The van der Waals surface area contributed by atoms with Crippen LogP contribution in [0, 0.1) is 6.92 Å². The molecule has 1 aliphatic heterocycles. The molecule has 150 valence electrons. The molecule has 4 nitrogen and oxygen atoms in total. The van der Waals surface area contributed by atoms with Gasteiger partial charge in [0.2, 0.25) is 0 Å². The highest BCUT2D eigenvalue weighted by Crippen LogP contribution is 2.41. The monoisotopic (exact) mass is 427 g/mol. The lowest BCUT2D eigenvalue weighted by Gasteiger charge is -2.43. The molecule has 3 aromatic rings. The molecule has 4 rings (SSSR count). The molecular weight excluding hydrogens is 406 g/mol. The van der Waals surface area contributed by atoms with Gasteiger partial charge in [0.25, 0.3) is 0 Å². The first-order valence-electron chi connectivity index (χ1n) is 9.46. The quantitative estimate of drug-likeness (QED) is 0.490. The van der Waals surface area contributed by atoms with Crippen molar-refractivity contribution in [1.29, 1.82) is 0 Å². The van der Waals surface area contributed by atoms with Gasteiger partial charge in [-0.3, -0.25) is 9.59 Å². The van der Waals surface area contributed by atoms with Crippen molar-refractivity contribution in [2.24, 2.45) is 0 Å². The number of aryl methyl sites for hydroxylation is 1. The number of benzene rings is 2. The van der Waals surface area contributed by atoms with E-state index in [0.717, 1.165) is 26.4 Å². The molecule has 2 heterocycles. The molecule has 0 saturated carbocycles. The number of rotatable bonds is 2. The van der Waals surface area contributed by atoms with Crippen molar-refractivity contribution in [3.63, 3.8) is 0 Å². The molecule has 1 aromatic heterocycles. The van der Waals surface area contributed by atoms with Crippen LogP contribution in [0.15, 0.2) is 36.4 Å². The van der Waals surface area contributed by atoms with Crippen LogP contribution in [0.25, 0.3) is 20.8 Å². The van der Waals surface area contributed by atoms with Crippen LogP contribution in [0.3, 0.4) is 0 Å². The van der Waals surface area contributed by atoms with Crippen LogP contribution in [0.2, 0.25) is 5.02 Å². The van der Waals surface area contributed by atoms with E-state index in [1.807, 2.05) is 43.3 Å². The number of carbonyl (C=O) groups excluding carboxylic acids is 2. The maximum Gasteiger partial charge on any atom is 0.179 e. The minimum absolute atomic E-state index is 0.214. The topological polar surface area (TPSA) is 56.3 Å². The van der Waals surface area contributed by atoms with Gasteiger partial charge < -0.3 is 4.74 Å². The standard InChI is InChI=1S/C23H22ClNO3S/c1-12-9-10-13(21-25-18-15(24)7-6-8-16(18)29-21)11-14(12)17-19(26)22(2,3)28-23(4,5)20(17)27/h6-11,17H,1-5H3. The zero-order chi connectivity index (χ0) is 21.1. The van der Waals surface area contributed by atoms with Gasteiger partial charge in [0.1, 0.15) is 27.6 Å². The number of aromatic nitrogens is 1. The van der Waals surface area contributed by atoms with Crippen molar-refractivity contribution in [2.75, 3.05) is 0 Å². The minimum Gasteiger partial charge on any atom is -0.354 e. The second-order valence-electron chi connectivity index (χ2n) is 8.46. The number of hydrogen-bond acceptors (Lipinski definition) is 5. The number of ketones is 2. The average Bonchev–Trinajstić information content (AvgIpc) is 3.07. The third-order valence-corrected chi connectivity index (χ3v) is 6.80. The predicted molar refractivity (Wildman–Crippen MR) is 117 cm³/mol. The fourth-order valence-electron chi connectivity index (χ4n) is 3.96. The molecule has 0 spiro atoms. The molecule has 2 aromatic carbocycles. The van der Waals surface area contributed by atoms with E-state index in [-0.39, 0.29) is 11.6 Å². The SMILES string of the molecule is Cc1ccc(-c2nc3c(Cl)cccc3s2)cc1C1C(=O)C(C)(C)OC(C)(C)C1=O. The molecule has 0 N–H and O–H groups in total. The van der Waals surface area contributed by atoms with Crippen molar-refractivity contribution in [1.82, 2.24) is 4.98 Å². The molecule has 0 amide bonds. The van der Waals surface area contributed by atoms with Gasteiger partial charge in [-0.1, -0.05) is 29.8 Å². The van der Waals surface area contributed by atoms with Crippen LogP contribution in [-0.4, -0.2) is 27.8 Å². The Labute approximate surface area is 178 Å². The van der Waals surface area contributed by atoms with E-state index in [4.69, 9.17) is 16.3 Å². The molecule has 0 unspecified atom stereocenters. The third-order valence-electron chi connectivity index (χ3n) is 5.43. The van der Waals surface area contributed by atoms with Crippen molar-refractivity contribution < 1.29 is 14.3 Å². The summed E-state index contributed by atoms with van der Waals surface area (Å²) in [6, 6.07) is 11.5. The summed E-state index contributed by atoms with van der Waals surface area (Å²) >= 11 is 7.81. The molecule has 1 fully saturated rings. The Morgan fingerprint density at radius 1 is 1.03 bits per heavy atom. The smallest absolute Gasteiger partial charge is 0.179 e. The van der Waals surface area contributed by atoms with Crippen LogP contribution in [0.5, 0.6) is 0 Å². The van der Waals surface area contributed by atoms with E-state index >= 15 is 0 Å². The Kier molecular flexibility index (Phi) is 4.69. The van der Waals surface area contributed by atoms with Gasteiger partial charge in [-0.2, -0.15) is 0 Å². The van der Waals surface area contributed by atoms with Crippen molar-refractivity contribution in [3.8, 4) is 10.6 Å². The highest BCUT2D eigenvalue weighted by Gasteiger charge is 2.53. The fourth-order valence-corrected chi connectivity index (χ4v) is 5.22. The number of halogens is 1. The number of nitrogens with zero attached hydrogens (tertiary/aromatic N) is 1. The maximum atomic E-state index is 13.2. The Morgan fingerprint density at radius 3 is 2.31 bits per heavy atom. The molecule has 6 heteroatoms. The Morgan fingerprint density at radius 2 is 1.69 bits per heavy atom. The van der Waals surface area contributed by atoms with Gasteiger partial charge in [-0.05, 0) is 63.9 Å². The highest BCUT2D eigenvalue weighted by atomic mass is 35.5. The summed E-state index contributed by atoms with van der Waals surface area (Å²) in [6.45, 7) is 8.83. The fraction of sp³-hybridized carbons (Fsp3) is 0.348. The van der Waals surface area contributed by atoms with E-state index < -0.39 is 17.1 Å². The molecule has 1 saturated heterocycles. The number of carbonyl (C=O) groups is 2. The van der Waals surface area contributed by atoms with Crippen LogP contribution in [0.4, 0.5) is 0 Å². The molecular formula is C23H22ClNO3S. The molecule has 0 atom stereocenters. The van der Waals surface area contributed by atoms with E-state index in [9.17, 15) is 9.59 Å². The Balaban J connectivity index is 1.85. The Bertz CT molecular complexity index is 1140. The van der Waals surface area contributed by atoms with E-state index in [2.05, 4.69) is 4.98 Å². The van der Waals surface area contributed by atoms with Crippen molar-refractivity contribution >= 4 is 44.7 Å². The average molecular weight is 428 g/mol. The third kappa shape index (κ3) is 3.31. The van der Waals surface area contributed by atoms with Gasteiger partial charge in [0, 0.05) is 5.56 Å². The normalized spacial score (nSPS) is 19.1. The Hall–Kier alpha value is -2.08. The van der Waals surface area contributed by atoms with Gasteiger partial charge in [0.05, 0.1) is 9.72 Å². The zero-order valence-corrected chi connectivity index (χ0v) is 18.6. The largest absolute Gasteiger partial charge is 0.354 e. The van der Waals surface area contributed by atoms with Crippen LogP contribution >= 0.6 is 22.9 Å². The first-order chi connectivity index (χ1) is 13.5. The van der Waals surface area contributed by atoms with Crippen LogP contribution in [-0.2, 0) is 14.3 Å². The first-order valence-corrected chi connectivity index (χ1v) is 10.7. The van der Waals surface area contributed by atoms with Crippen molar-refractivity contribution in [2.45, 2.75) is 51.7 Å². The maximum absolute atomic E-state index is 13.2. The number of hydrogen-bond donors (Lipinski definition) is 0. The number of ether oxygens (including phenoxy) is 1. The summed E-state index contributed by atoms with van der Waals surface area (Å²) in [5.74, 6) is -1.28. The number of fused-ring (bicyclic) bond motifs is 1. The second kappa shape index (κ2) is 6.73. The zero-order valence-electron chi connectivity index (χ0n) is 17.0. The van der Waals surface area contributed by atoms with E-state index in [1.54, 1.807) is 27.7 Å². The number of thiazole rings is 1. The lowest BCUT2D eigenvalue weighted by molar-refractivity contribution is -0.184. The van der Waals surface area contributed by atoms with E-state index in [0.29, 0.717) is 10.6 Å². The second-order valence-corrected chi connectivity index (χ2v) is 9.90. The van der Waals surface area contributed by atoms with Crippen LogP contribution < -0.4 is 0 Å². The molecule has 1 aliphatic rings. The van der Waals surface area contributed by atoms with Crippen molar-refractivity contribution in [3.05, 3.63) is 52.5 Å². The lowest BCUT2D eigenvalue weighted by atomic mass is 9.74. The molecule has 0 bridgehead atoms. The summed E-state index contributed by atoms with van der Waals surface area (Å²) in [7, 11) is 0. The van der Waals surface area contributed by atoms with Gasteiger partial charge in [-0.25, -0.2) is 4.98 Å². The summed E-state index contributed by atoms with van der Waals surface area (Å²) in [6.07, 6.45) is 0. The summed E-state index contributed by atoms with van der Waals surface area (Å²) in [5, 5.41) is 1.41. The summed E-state index contributed by atoms with van der Waals surface area (Å²) in [4.78, 5) is 31.0. The summed E-state index contributed by atoms with van der Waals surface area (Å²) < 4.78 is 6.82. The lowest BCUT2D eigenvalue weighted by Crippen LogP contribution is -2.58. The number of para-hydroxylation sites is 1. The first kappa shape index (κ1) is 20.2. The van der Waals surface area contributed by atoms with E-state index in [1.165, 1.54) is 11.3 Å². The number of Topliss-reactive ketones (excluding diaryl/α,β-unsaturated/α-hetero) is 2. The van der Waals surface area contributed by atoms with Crippen LogP contribution in [0.1, 0.15) is 44.7 Å². The molecule has 29 heavy (non-hydrogen) atoms. The molecule has 0 radical (unpaired) electrons. The van der Waals surface area contributed by atoms with Gasteiger partial charge in [0.15, 0.2) is 11.6 Å². The predicted octanol–water partition coefficient (Wildman–Crippen LogP) is 5.73. The van der Waals surface area contributed by atoms with Gasteiger partial charge in [-0.15, -0.1) is 11.3 Å². The molecule has 0 aliphatic carbocycles. The van der Waals surface area contributed by atoms with Gasteiger partial charge >= 0.3 is 0 Å². The highest BCUT2D eigenvalue weighted by molar-refractivity contribution is 7.21. The minimum atomic E-state index is -1.03. The summed E-state index contributed by atoms with van der Waals surface area (Å²) in [5.41, 5.74) is 1.17.